The molecule has 2 aliphatic heterocycles. The van der Waals surface area contributed by atoms with Gasteiger partial charge in [0.15, 0.2) is 0 Å². The number of aryl methyl sites for hydroxylation is 1. The molecule has 0 radical (unpaired) electrons. The van der Waals surface area contributed by atoms with Gasteiger partial charge >= 0.3 is 0 Å². The van der Waals surface area contributed by atoms with E-state index >= 15 is 0 Å². The number of amides is 1. The van der Waals surface area contributed by atoms with E-state index < -0.39 is 0 Å². The first kappa shape index (κ1) is 17.1. The molecule has 2 aromatic rings. The molecule has 1 amide bonds. The van der Waals surface area contributed by atoms with Crippen molar-refractivity contribution >= 4 is 11.6 Å². The standard InChI is InChI=1S/C20H25N3O3/c1-15-14-17(21-26-15)19-8-4-5-9-23(19)20(24)16-6-2-3-7-18(16)22-10-12-25-13-11-22/h2-3,6-7,14,19H,4-5,8-13H2,1H3. The molecule has 2 saturated heterocycles. The van der Waals surface area contributed by atoms with Crippen LogP contribution in [0.2, 0.25) is 0 Å². The highest BCUT2D eigenvalue weighted by molar-refractivity contribution is 6.00. The summed E-state index contributed by atoms with van der Waals surface area (Å²) in [6.07, 6.45) is 3.06. The van der Waals surface area contributed by atoms with Crippen molar-refractivity contribution in [3.63, 3.8) is 0 Å². The van der Waals surface area contributed by atoms with Crippen LogP contribution >= 0.6 is 0 Å². The molecule has 2 aliphatic rings. The largest absolute Gasteiger partial charge is 0.378 e. The predicted molar refractivity (Wildman–Crippen MR) is 98.3 cm³/mol. The second kappa shape index (κ2) is 7.50. The summed E-state index contributed by atoms with van der Waals surface area (Å²) in [5.74, 6) is 0.865. The maximum Gasteiger partial charge on any atom is 0.256 e. The Bertz CT molecular complexity index is 767. The molecule has 3 heterocycles. The zero-order valence-corrected chi connectivity index (χ0v) is 15.2. The average Bonchev–Trinajstić information content (AvgIpc) is 3.14. The molecule has 4 rings (SSSR count). The van der Waals surface area contributed by atoms with E-state index in [0.717, 1.165) is 61.6 Å². The highest BCUT2D eigenvalue weighted by Crippen LogP contribution is 2.33. The Labute approximate surface area is 153 Å². The van der Waals surface area contributed by atoms with Gasteiger partial charge in [-0.3, -0.25) is 4.79 Å². The molecule has 0 bridgehead atoms. The highest BCUT2D eigenvalue weighted by Gasteiger charge is 2.32. The fourth-order valence-corrected chi connectivity index (χ4v) is 3.91. The maximum atomic E-state index is 13.5. The van der Waals surface area contributed by atoms with Crippen LogP contribution in [0.5, 0.6) is 0 Å². The van der Waals surface area contributed by atoms with E-state index in [4.69, 9.17) is 9.26 Å². The number of piperidine rings is 1. The first-order valence-corrected chi connectivity index (χ1v) is 9.40. The van der Waals surface area contributed by atoms with E-state index in [0.29, 0.717) is 13.2 Å². The minimum atomic E-state index is -0.00792. The molecule has 1 unspecified atom stereocenters. The number of carbonyl (C=O) groups excluding carboxylic acids is 1. The molecule has 6 heteroatoms. The van der Waals surface area contributed by atoms with Gasteiger partial charge in [0.05, 0.1) is 24.8 Å². The van der Waals surface area contributed by atoms with Crippen molar-refractivity contribution < 1.29 is 14.1 Å². The fraction of sp³-hybridized carbons (Fsp3) is 0.500. The zero-order valence-electron chi connectivity index (χ0n) is 15.2. The molecule has 1 aromatic carbocycles. The van der Waals surface area contributed by atoms with Crippen LogP contribution in [0.25, 0.3) is 0 Å². The Morgan fingerprint density at radius 2 is 1.96 bits per heavy atom. The smallest absolute Gasteiger partial charge is 0.256 e. The number of hydrogen-bond donors (Lipinski definition) is 0. The number of rotatable bonds is 3. The Balaban J connectivity index is 1.63. The molecule has 1 atom stereocenters. The molecule has 2 fully saturated rings. The second-order valence-electron chi connectivity index (χ2n) is 6.99. The molecule has 138 valence electrons. The van der Waals surface area contributed by atoms with Crippen molar-refractivity contribution in [3.05, 3.63) is 47.3 Å². The third-order valence-electron chi connectivity index (χ3n) is 5.24. The van der Waals surface area contributed by atoms with Gasteiger partial charge in [-0.25, -0.2) is 0 Å². The van der Waals surface area contributed by atoms with Gasteiger partial charge in [-0.15, -0.1) is 0 Å². The number of para-hydroxylation sites is 1. The molecule has 1 aromatic heterocycles. The van der Waals surface area contributed by atoms with Gasteiger partial charge in [0.1, 0.15) is 11.5 Å². The number of hydrogen-bond acceptors (Lipinski definition) is 5. The van der Waals surface area contributed by atoms with Crippen LogP contribution in [0.15, 0.2) is 34.9 Å². The Kier molecular flexibility index (Phi) is 4.93. The molecule has 0 aliphatic carbocycles. The van der Waals surface area contributed by atoms with Crippen molar-refractivity contribution in [2.24, 2.45) is 0 Å². The maximum absolute atomic E-state index is 13.5. The van der Waals surface area contributed by atoms with Crippen molar-refractivity contribution in [2.75, 3.05) is 37.7 Å². The van der Waals surface area contributed by atoms with Crippen molar-refractivity contribution in [3.8, 4) is 0 Å². The summed E-state index contributed by atoms with van der Waals surface area (Å²) in [5.41, 5.74) is 2.63. The predicted octanol–water partition coefficient (Wildman–Crippen LogP) is 3.19. The van der Waals surface area contributed by atoms with Gasteiger partial charge in [-0.2, -0.15) is 0 Å². The van der Waals surface area contributed by atoms with Gasteiger partial charge in [0, 0.05) is 31.4 Å². The summed E-state index contributed by atoms with van der Waals surface area (Å²) in [6, 6.07) is 9.85. The minimum absolute atomic E-state index is 0.00792. The topological polar surface area (TPSA) is 58.8 Å². The van der Waals surface area contributed by atoms with Crippen LogP contribution in [0, 0.1) is 6.92 Å². The number of likely N-dealkylation sites (tertiary alicyclic amines) is 1. The first-order valence-electron chi connectivity index (χ1n) is 9.40. The third kappa shape index (κ3) is 3.33. The number of nitrogens with zero attached hydrogens (tertiary/aromatic N) is 3. The van der Waals surface area contributed by atoms with Crippen molar-refractivity contribution in [2.45, 2.75) is 32.2 Å². The van der Waals surface area contributed by atoms with Crippen molar-refractivity contribution in [1.82, 2.24) is 10.1 Å². The second-order valence-corrected chi connectivity index (χ2v) is 6.99. The molecule has 26 heavy (non-hydrogen) atoms. The van der Waals surface area contributed by atoms with Crippen LogP contribution < -0.4 is 4.90 Å². The van der Waals surface area contributed by atoms with Crippen LogP contribution in [0.1, 0.15) is 47.1 Å². The van der Waals surface area contributed by atoms with Crippen LogP contribution in [0.3, 0.4) is 0 Å². The molecule has 0 N–H and O–H groups in total. The SMILES string of the molecule is Cc1cc(C2CCCCN2C(=O)c2ccccc2N2CCOCC2)no1. The van der Waals surface area contributed by atoms with E-state index in [9.17, 15) is 4.79 Å². The Morgan fingerprint density at radius 3 is 2.73 bits per heavy atom. The highest BCUT2D eigenvalue weighted by atomic mass is 16.5. The zero-order chi connectivity index (χ0) is 17.9. The van der Waals surface area contributed by atoms with E-state index in [2.05, 4.69) is 10.1 Å². The van der Waals surface area contributed by atoms with Gasteiger partial charge in [0.25, 0.3) is 5.91 Å². The first-order chi connectivity index (χ1) is 12.7. The van der Waals surface area contributed by atoms with E-state index in [1.54, 1.807) is 0 Å². The summed E-state index contributed by atoms with van der Waals surface area (Å²) >= 11 is 0. The summed E-state index contributed by atoms with van der Waals surface area (Å²) in [5, 5.41) is 4.18. The third-order valence-corrected chi connectivity index (χ3v) is 5.24. The summed E-state index contributed by atoms with van der Waals surface area (Å²) in [6.45, 7) is 5.68. The average molecular weight is 355 g/mol. The van der Waals surface area contributed by atoms with Gasteiger partial charge in [-0.1, -0.05) is 17.3 Å². The number of ether oxygens (including phenoxy) is 1. The van der Waals surface area contributed by atoms with Crippen molar-refractivity contribution in [1.29, 1.82) is 0 Å². The molecular weight excluding hydrogens is 330 g/mol. The molecule has 0 saturated carbocycles. The molecular formula is C20H25N3O3. The lowest BCUT2D eigenvalue weighted by molar-refractivity contribution is 0.0601. The van der Waals surface area contributed by atoms with E-state index in [1.165, 1.54) is 0 Å². The van der Waals surface area contributed by atoms with Gasteiger partial charge < -0.3 is 19.1 Å². The lowest BCUT2D eigenvalue weighted by Gasteiger charge is -2.36. The van der Waals surface area contributed by atoms with Crippen LogP contribution in [-0.4, -0.2) is 48.8 Å². The molecule has 0 spiro atoms. The number of anilines is 1. The summed E-state index contributed by atoms with van der Waals surface area (Å²) in [4.78, 5) is 17.7. The van der Waals surface area contributed by atoms with E-state index in [-0.39, 0.29) is 11.9 Å². The Hall–Kier alpha value is -2.34. The lowest BCUT2D eigenvalue weighted by Crippen LogP contribution is -2.41. The van der Waals surface area contributed by atoms with Crippen LogP contribution in [0.4, 0.5) is 5.69 Å². The normalized spacial score (nSPS) is 21.0. The fourth-order valence-electron chi connectivity index (χ4n) is 3.91. The monoisotopic (exact) mass is 355 g/mol. The van der Waals surface area contributed by atoms with Gasteiger partial charge in [0.2, 0.25) is 0 Å². The number of morpholine rings is 1. The number of benzene rings is 1. The Morgan fingerprint density at radius 1 is 1.15 bits per heavy atom. The quantitative estimate of drug-likeness (QED) is 0.846. The van der Waals surface area contributed by atoms with Crippen LogP contribution in [-0.2, 0) is 4.74 Å². The summed E-state index contributed by atoms with van der Waals surface area (Å²) in [7, 11) is 0. The minimum Gasteiger partial charge on any atom is -0.378 e. The lowest BCUT2D eigenvalue weighted by atomic mass is 9.97. The van der Waals surface area contributed by atoms with E-state index in [1.807, 2.05) is 42.2 Å². The summed E-state index contributed by atoms with van der Waals surface area (Å²) < 4.78 is 10.7. The number of aromatic nitrogens is 1. The molecule has 6 nitrogen and oxygen atoms in total. The number of carbonyl (C=O) groups is 1. The van der Waals surface area contributed by atoms with Gasteiger partial charge in [-0.05, 0) is 38.3 Å².